The Morgan fingerprint density at radius 1 is 1.00 bits per heavy atom. The first-order valence-electron chi connectivity index (χ1n) is 11.2. The minimum absolute atomic E-state index is 0.0537. The molecule has 4 N–H and O–H groups in total. The van der Waals surface area contributed by atoms with Crippen LogP contribution in [0.4, 0.5) is 11.4 Å². The zero-order valence-corrected chi connectivity index (χ0v) is 20.4. The summed E-state index contributed by atoms with van der Waals surface area (Å²) in [4.78, 5) is 33.5. The third kappa shape index (κ3) is 4.93. The van der Waals surface area contributed by atoms with Crippen molar-refractivity contribution in [2.24, 2.45) is 4.99 Å². The molecule has 0 saturated carbocycles. The van der Waals surface area contributed by atoms with Crippen LogP contribution in [0.3, 0.4) is 0 Å². The van der Waals surface area contributed by atoms with E-state index < -0.39 is 0 Å². The number of hydrogen-bond acceptors (Lipinski definition) is 7. The second-order valence-electron chi connectivity index (χ2n) is 8.10. The van der Waals surface area contributed by atoms with E-state index in [1.807, 2.05) is 5.38 Å². The predicted octanol–water partition coefficient (Wildman–Crippen LogP) is 5.88. The minimum Gasteiger partial charge on any atom is -0.504 e. The van der Waals surface area contributed by atoms with Crippen molar-refractivity contribution in [2.45, 2.75) is 0 Å². The third-order valence-corrected chi connectivity index (χ3v) is 6.58. The average molecular weight is 512 g/mol. The molecule has 0 fully saturated rings. The van der Waals surface area contributed by atoms with E-state index in [9.17, 15) is 19.8 Å². The highest BCUT2D eigenvalue weighted by atomic mass is 32.1. The lowest BCUT2D eigenvalue weighted by molar-refractivity contribution is 0.102. The van der Waals surface area contributed by atoms with Crippen molar-refractivity contribution in [1.82, 2.24) is 4.98 Å². The van der Waals surface area contributed by atoms with Gasteiger partial charge < -0.3 is 25.3 Å². The van der Waals surface area contributed by atoms with Gasteiger partial charge >= 0.3 is 0 Å². The van der Waals surface area contributed by atoms with Crippen LogP contribution < -0.4 is 10.1 Å². The number of aromatic hydroxyl groups is 2. The van der Waals surface area contributed by atoms with Gasteiger partial charge in [-0.3, -0.25) is 14.6 Å². The number of aromatic amines is 1. The Morgan fingerprint density at radius 3 is 2.59 bits per heavy atom. The summed E-state index contributed by atoms with van der Waals surface area (Å²) in [5.74, 6) is -0.302. The van der Waals surface area contributed by atoms with Gasteiger partial charge in [-0.25, -0.2) is 0 Å². The summed E-state index contributed by atoms with van der Waals surface area (Å²) in [6, 6.07) is 20.0. The Hall–Kier alpha value is -4.89. The number of ether oxygens (including phenoxy) is 1. The number of carbonyl (C=O) groups is 2. The number of methoxy groups -OCH3 is 1. The molecule has 184 valence electrons. The number of rotatable bonds is 7. The number of aromatic nitrogens is 1. The van der Waals surface area contributed by atoms with Gasteiger partial charge in [-0.2, -0.15) is 0 Å². The molecule has 5 rings (SSSR count). The van der Waals surface area contributed by atoms with Gasteiger partial charge in [-0.05, 0) is 53.9 Å². The molecule has 2 heterocycles. The number of carbonyl (C=O) groups excluding carboxylic acids is 2. The molecule has 0 radical (unpaired) electrons. The number of fused-ring (bicyclic) bond motifs is 1. The summed E-state index contributed by atoms with van der Waals surface area (Å²) in [5.41, 5.74) is 2.82. The summed E-state index contributed by atoms with van der Waals surface area (Å²) in [6.07, 6.45) is 1.46. The van der Waals surface area contributed by atoms with E-state index in [0.29, 0.717) is 49.6 Å². The number of amides is 1. The number of ketones is 1. The first-order valence-corrected chi connectivity index (χ1v) is 12.1. The number of H-pyrrole nitrogens is 1. The standard InChI is InChI=1S/C28H21N3O5S/c1-36-24-10-8-18(14-23(24)32)29-15-21-20-13-17(7-9-22(20)31-27(21)34)26(33)16-4-2-5-19(12-16)30-28(35)25-6-3-11-37-25/h2-15,31-32,34H,1H3,(H,30,35). The van der Waals surface area contributed by atoms with Crippen LogP contribution in [0.15, 0.2) is 83.2 Å². The molecule has 8 nitrogen and oxygen atoms in total. The summed E-state index contributed by atoms with van der Waals surface area (Å²) in [7, 11) is 1.46. The molecule has 0 saturated heterocycles. The zero-order chi connectivity index (χ0) is 25.9. The number of nitrogens with one attached hydrogen (secondary N) is 2. The van der Waals surface area contributed by atoms with Crippen molar-refractivity contribution in [1.29, 1.82) is 0 Å². The highest BCUT2D eigenvalue weighted by Gasteiger charge is 2.15. The maximum Gasteiger partial charge on any atom is 0.265 e. The molecule has 0 atom stereocenters. The van der Waals surface area contributed by atoms with Gasteiger partial charge in [0.15, 0.2) is 23.2 Å². The Morgan fingerprint density at radius 2 is 1.84 bits per heavy atom. The summed E-state index contributed by atoms with van der Waals surface area (Å²) >= 11 is 1.34. The summed E-state index contributed by atoms with van der Waals surface area (Å²) in [6.45, 7) is 0. The molecule has 0 aliphatic carbocycles. The predicted molar refractivity (Wildman–Crippen MR) is 144 cm³/mol. The van der Waals surface area contributed by atoms with Crippen molar-refractivity contribution in [3.8, 4) is 17.4 Å². The van der Waals surface area contributed by atoms with Crippen molar-refractivity contribution < 1.29 is 24.5 Å². The fraction of sp³-hybridized carbons (Fsp3) is 0.0357. The zero-order valence-electron chi connectivity index (χ0n) is 19.6. The van der Waals surface area contributed by atoms with E-state index in [-0.39, 0.29) is 23.3 Å². The molecule has 0 bridgehead atoms. The molecule has 0 unspecified atom stereocenters. The molecule has 0 aliphatic rings. The summed E-state index contributed by atoms with van der Waals surface area (Å²) in [5, 5.41) is 25.7. The number of nitrogens with zero attached hydrogens (tertiary/aromatic N) is 1. The SMILES string of the molecule is COc1ccc(N=Cc2c(O)[nH]c3ccc(C(=O)c4cccc(NC(=O)c5cccs5)c4)cc23)cc1O. The third-order valence-electron chi connectivity index (χ3n) is 5.71. The van der Waals surface area contributed by atoms with Crippen molar-refractivity contribution in [2.75, 3.05) is 12.4 Å². The fourth-order valence-corrected chi connectivity index (χ4v) is 4.49. The minimum atomic E-state index is -0.238. The van der Waals surface area contributed by atoms with Gasteiger partial charge in [0.1, 0.15) is 0 Å². The van der Waals surface area contributed by atoms with Crippen LogP contribution in [-0.2, 0) is 0 Å². The van der Waals surface area contributed by atoms with Gasteiger partial charge in [0.2, 0.25) is 0 Å². The first-order chi connectivity index (χ1) is 17.9. The van der Waals surface area contributed by atoms with Gasteiger partial charge in [0.05, 0.1) is 23.2 Å². The van der Waals surface area contributed by atoms with E-state index in [2.05, 4.69) is 15.3 Å². The molecule has 0 spiro atoms. The molecular weight excluding hydrogens is 490 g/mol. The lowest BCUT2D eigenvalue weighted by atomic mass is 10.0. The van der Waals surface area contributed by atoms with E-state index in [1.54, 1.807) is 66.7 Å². The van der Waals surface area contributed by atoms with Gasteiger partial charge in [0.25, 0.3) is 5.91 Å². The highest BCUT2D eigenvalue weighted by molar-refractivity contribution is 7.12. The largest absolute Gasteiger partial charge is 0.504 e. The van der Waals surface area contributed by atoms with Crippen LogP contribution in [0, 0.1) is 0 Å². The van der Waals surface area contributed by atoms with Crippen molar-refractivity contribution >= 4 is 51.5 Å². The monoisotopic (exact) mass is 511 g/mol. The molecule has 9 heteroatoms. The Balaban J connectivity index is 1.42. The molecule has 1 amide bonds. The van der Waals surface area contributed by atoms with E-state index in [1.165, 1.54) is 30.7 Å². The number of benzene rings is 3. The molecule has 3 aromatic carbocycles. The van der Waals surface area contributed by atoms with Crippen LogP contribution in [0.1, 0.15) is 31.2 Å². The van der Waals surface area contributed by atoms with Crippen LogP contribution in [0.25, 0.3) is 10.9 Å². The van der Waals surface area contributed by atoms with Crippen LogP contribution in [-0.4, -0.2) is 40.2 Å². The number of anilines is 1. The van der Waals surface area contributed by atoms with Crippen molar-refractivity contribution in [3.05, 3.63) is 99.7 Å². The molecule has 37 heavy (non-hydrogen) atoms. The summed E-state index contributed by atoms with van der Waals surface area (Å²) < 4.78 is 5.04. The fourth-order valence-electron chi connectivity index (χ4n) is 3.87. The van der Waals surface area contributed by atoms with Crippen LogP contribution in [0.2, 0.25) is 0 Å². The number of phenols is 1. The number of phenolic OH excluding ortho intramolecular Hbond substituents is 1. The van der Waals surface area contributed by atoms with E-state index >= 15 is 0 Å². The Kier molecular flexibility index (Phi) is 6.44. The average Bonchev–Trinajstić information content (AvgIpc) is 3.55. The highest BCUT2D eigenvalue weighted by Crippen LogP contribution is 2.31. The first kappa shape index (κ1) is 23.8. The second kappa shape index (κ2) is 10.00. The lowest BCUT2D eigenvalue weighted by Gasteiger charge is -2.07. The second-order valence-corrected chi connectivity index (χ2v) is 9.05. The van der Waals surface area contributed by atoms with Gasteiger partial charge in [-0.1, -0.05) is 18.2 Å². The van der Waals surface area contributed by atoms with Crippen molar-refractivity contribution in [3.63, 3.8) is 0 Å². The van der Waals surface area contributed by atoms with Gasteiger partial charge in [-0.15, -0.1) is 11.3 Å². The Bertz CT molecular complexity index is 1650. The van der Waals surface area contributed by atoms with E-state index in [0.717, 1.165) is 0 Å². The molecule has 0 aliphatic heterocycles. The maximum absolute atomic E-state index is 13.3. The Labute approximate surface area is 215 Å². The molecule has 2 aromatic heterocycles. The van der Waals surface area contributed by atoms with Crippen LogP contribution in [0.5, 0.6) is 17.4 Å². The maximum atomic E-state index is 13.3. The lowest BCUT2D eigenvalue weighted by Crippen LogP contribution is -2.11. The number of aliphatic imine (C=N–C) groups is 1. The molecule has 5 aromatic rings. The van der Waals surface area contributed by atoms with Gasteiger partial charge in [0, 0.05) is 40.0 Å². The smallest absolute Gasteiger partial charge is 0.265 e. The normalized spacial score (nSPS) is 11.2. The quantitative estimate of drug-likeness (QED) is 0.160. The number of thiophene rings is 1. The number of hydrogen-bond donors (Lipinski definition) is 4. The molecular formula is C28H21N3O5S. The van der Waals surface area contributed by atoms with Crippen LogP contribution >= 0.6 is 11.3 Å². The topological polar surface area (TPSA) is 124 Å². The van der Waals surface area contributed by atoms with E-state index in [4.69, 9.17) is 4.74 Å².